The Balaban J connectivity index is 2.65. The third kappa shape index (κ3) is 1.82. The Morgan fingerprint density at radius 1 is 1.25 bits per heavy atom. The second kappa shape index (κ2) is 4.25. The average molecular weight is 329 g/mol. The van der Waals surface area contributed by atoms with Crippen molar-refractivity contribution in [2.24, 2.45) is 0 Å². The molecule has 16 heavy (non-hydrogen) atoms. The van der Waals surface area contributed by atoms with Gasteiger partial charge in [-0.1, -0.05) is 0 Å². The lowest BCUT2D eigenvalue weighted by atomic mass is 9.96. The number of amides is 2. The smallest absolute Gasteiger partial charge is 0.261 e. The summed E-state index contributed by atoms with van der Waals surface area (Å²) in [7, 11) is 1.46. The van der Waals surface area contributed by atoms with Crippen LogP contribution in [0.3, 0.4) is 0 Å². The topological polar surface area (TPSA) is 55.4 Å². The van der Waals surface area contributed by atoms with E-state index in [9.17, 15) is 9.59 Å². The zero-order valence-corrected chi connectivity index (χ0v) is 10.6. The van der Waals surface area contributed by atoms with Crippen LogP contribution in [0.4, 0.5) is 0 Å². The number of halogens is 1. The zero-order valence-electron chi connectivity index (χ0n) is 8.41. The van der Waals surface area contributed by atoms with Gasteiger partial charge in [0.05, 0.1) is 18.9 Å². The second-order valence-electron chi connectivity index (χ2n) is 3.24. The SMILES string of the molecule is CO/C=C1\C(=O)NC(=O)c2ccc(I)cc21. The van der Waals surface area contributed by atoms with Crippen LogP contribution in [0.1, 0.15) is 15.9 Å². The summed E-state index contributed by atoms with van der Waals surface area (Å²) in [6.45, 7) is 0. The van der Waals surface area contributed by atoms with Crippen molar-refractivity contribution in [1.29, 1.82) is 0 Å². The Morgan fingerprint density at radius 2 is 2.00 bits per heavy atom. The van der Waals surface area contributed by atoms with Crippen molar-refractivity contribution < 1.29 is 14.3 Å². The van der Waals surface area contributed by atoms with E-state index in [0.717, 1.165) is 3.57 Å². The van der Waals surface area contributed by atoms with E-state index in [1.807, 2.05) is 6.07 Å². The molecule has 4 nitrogen and oxygen atoms in total. The van der Waals surface area contributed by atoms with E-state index in [-0.39, 0.29) is 5.91 Å². The van der Waals surface area contributed by atoms with E-state index in [4.69, 9.17) is 4.74 Å². The van der Waals surface area contributed by atoms with Gasteiger partial charge in [0.1, 0.15) is 0 Å². The molecule has 0 aromatic heterocycles. The number of fused-ring (bicyclic) bond motifs is 1. The molecule has 0 aliphatic carbocycles. The van der Waals surface area contributed by atoms with Gasteiger partial charge in [-0.2, -0.15) is 0 Å². The van der Waals surface area contributed by atoms with Crippen molar-refractivity contribution in [2.45, 2.75) is 0 Å². The summed E-state index contributed by atoms with van der Waals surface area (Å²) < 4.78 is 5.81. The Hall–Kier alpha value is -1.37. The van der Waals surface area contributed by atoms with Crippen molar-refractivity contribution in [2.75, 3.05) is 7.11 Å². The normalized spacial score (nSPS) is 17.0. The van der Waals surface area contributed by atoms with Crippen LogP contribution in [-0.2, 0) is 9.53 Å². The predicted octanol–water partition coefficient (Wildman–Crippen LogP) is 1.55. The molecule has 1 heterocycles. The van der Waals surface area contributed by atoms with E-state index < -0.39 is 5.91 Å². The predicted molar refractivity (Wildman–Crippen MR) is 66.6 cm³/mol. The maximum absolute atomic E-state index is 11.6. The lowest BCUT2D eigenvalue weighted by Gasteiger charge is -2.17. The maximum Gasteiger partial charge on any atom is 0.261 e. The fourth-order valence-electron chi connectivity index (χ4n) is 1.53. The monoisotopic (exact) mass is 329 g/mol. The molecule has 0 fully saturated rings. The molecule has 0 bridgehead atoms. The first-order chi connectivity index (χ1) is 7.63. The summed E-state index contributed by atoms with van der Waals surface area (Å²) in [6.07, 6.45) is 1.34. The zero-order chi connectivity index (χ0) is 11.7. The van der Waals surface area contributed by atoms with Crippen molar-refractivity contribution >= 4 is 40.0 Å². The van der Waals surface area contributed by atoms with Crippen LogP contribution in [0.2, 0.25) is 0 Å². The van der Waals surface area contributed by atoms with Crippen LogP contribution in [0, 0.1) is 3.57 Å². The van der Waals surface area contributed by atoms with Gasteiger partial charge in [-0.3, -0.25) is 14.9 Å². The molecule has 2 amide bonds. The van der Waals surface area contributed by atoms with E-state index in [2.05, 4.69) is 27.9 Å². The van der Waals surface area contributed by atoms with E-state index >= 15 is 0 Å². The molecule has 0 spiro atoms. The van der Waals surface area contributed by atoms with E-state index in [0.29, 0.717) is 16.7 Å². The highest BCUT2D eigenvalue weighted by atomic mass is 127. The lowest BCUT2D eigenvalue weighted by molar-refractivity contribution is -0.114. The fourth-order valence-corrected chi connectivity index (χ4v) is 2.02. The summed E-state index contributed by atoms with van der Waals surface area (Å²) in [5.74, 6) is -0.800. The largest absolute Gasteiger partial charge is 0.504 e. The minimum Gasteiger partial charge on any atom is -0.504 e. The molecule has 0 atom stereocenters. The van der Waals surface area contributed by atoms with Crippen molar-refractivity contribution in [3.05, 3.63) is 39.2 Å². The van der Waals surface area contributed by atoms with Gasteiger partial charge < -0.3 is 4.74 Å². The number of methoxy groups -OCH3 is 1. The summed E-state index contributed by atoms with van der Waals surface area (Å²) in [6, 6.07) is 5.30. The molecule has 1 aromatic carbocycles. The molecule has 1 aliphatic rings. The van der Waals surface area contributed by atoms with Crippen molar-refractivity contribution in [3.63, 3.8) is 0 Å². The molecule has 1 N–H and O–H groups in total. The molecule has 0 saturated carbocycles. The molecule has 5 heteroatoms. The molecule has 1 aliphatic heterocycles. The standard InChI is InChI=1S/C11H8INO3/c1-16-5-9-8-4-6(12)2-3-7(8)10(14)13-11(9)15/h2-5H,1H3,(H,13,14,15)/b9-5-. The van der Waals surface area contributed by atoms with Gasteiger partial charge in [-0.25, -0.2) is 0 Å². The molecule has 0 unspecified atom stereocenters. The Kier molecular flexibility index (Phi) is 2.95. The molecule has 1 aromatic rings. The summed E-state index contributed by atoms with van der Waals surface area (Å²) in [5, 5.41) is 2.26. The maximum atomic E-state index is 11.6. The Bertz CT molecular complexity index is 508. The highest BCUT2D eigenvalue weighted by Gasteiger charge is 2.27. The highest BCUT2D eigenvalue weighted by molar-refractivity contribution is 14.1. The number of hydrogen-bond acceptors (Lipinski definition) is 3. The summed E-state index contributed by atoms with van der Waals surface area (Å²) in [4.78, 5) is 23.1. The summed E-state index contributed by atoms with van der Waals surface area (Å²) >= 11 is 2.13. The molecule has 0 saturated heterocycles. The van der Waals surface area contributed by atoms with Gasteiger partial charge in [0.2, 0.25) is 0 Å². The van der Waals surface area contributed by atoms with Gasteiger partial charge in [0, 0.05) is 14.7 Å². The fraction of sp³-hybridized carbons (Fsp3) is 0.0909. The molecular weight excluding hydrogens is 321 g/mol. The first-order valence-corrected chi connectivity index (χ1v) is 5.60. The number of rotatable bonds is 1. The second-order valence-corrected chi connectivity index (χ2v) is 4.49. The third-order valence-corrected chi connectivity index (χ3v) is 2.89. The van der Waals surface area contributed by atoms with Crippen molar-refractivity contribution in [3.8, 4) is 0 Å². The number of nitrogens with one attached hydrogen (secondary N) is 1. The summed E-state index contributed by atoms with van der Waals surface area (Å²) in [5.41, 5.74) is 1.47. The lowest BCUT2D eigenvalue weighted by Crippen LogP contribution is -2.36. The van der Waals surface area contributed by atoms with Gasteiger partial charge in [0.25, 0.3) is 11.8 Å². The van der Waals surface area contributed by atoms with Gasteiger partial charge >= 0.3 is 0 Å². The van der Waals surface area contributed by atoms with E-state index in [1.54, 1.807) is 12.1 Å². The number of hydrogen-bond donors (Lipinski definition) is 1. The Morgan fingerprint density at radius 3 is 2.69 bits per heavy atom. The van der Waals surface area contributed by atoms with Crippen molar-refractivity contribution in [1.82, 2.24) is 5.32 Å². The minimum absolute atomic E-state index is 0.371. The molecular formula is C11H8INO3. The third-order valence-electron chi connectivity index (χ3n) is 2.22. The van der Waals surface area contributed by atoms with Crippen LogP contribution in [-0.4, -0.2) is 18.9 Å². The van der Waals surface area contributed by atoms with Gasteiger partial charge in [-0.15, -0.1) is 0 Å². The Labute approximate surface area is 106 Å². The number of ether oxygens (including phenoxy) is 1. The van der Waals surface area contributed by atoms with E-state index in [1.165, 1.54) is 13.4 Å². The van der Waals surface area contributed by atoms with Crippen LogP contribution in [0.15, 0.2) is 24.5 Å². The van der Waals surface area contributed by atoms with Gasteiger partial charge in [-0.05, 0) is 40.8 Å². The average Bonchev–Trinajstić information content (AvgIpc) is 2.23. The first kappa shape index (κ1) is 11.1. The number of carbonyl (C=O) groups excluding carboxylic acids is 2. The van der Waals surface area contributed by atoms with Crippen LogP contribution >= 0.6 is 22.6 Å². The quantitative estimate of drug-likeness (QED) is 0.368. The van der Waals surface area contributed by atoms with Crippen LogP contribution < -0.4 is 5.32 Å². The highest BCUT2D eigenvalue weighted by Crippen LogP contribution is 2.25. The minimum atomic E-state index is -0.429. The molecule has 2 rings (SSSR count). The molecule has 82 valence electrons. The first-order valence-electron chi connectivity index (χ1n) is 4.52. The molecule has 0 radical (unpaired) electrons. The number of imide groups is 1. The van der Waals surface area contributed by atoms with Crippen LogP contribution in [0.25, 0.3) is 5.57 Å². The van der Waals surface area contributed by atoms with Crippen LogP contribution in [0.5, 0.6) is 0 Å². The number of benzene rings is 1. The number of carbonyl (C=O) groups is 2. The van der Waals surface area contributed by atoms with Gasteiger partial charge in [0.15, 0.2) is 0 Å².